The van der Waals surface area contributed by atoms with Gasteiger partial charge in [-0.05, 0) is 12.1 Å². The number of ether oxygens (including phenoxy) is 1. The number of nitrogens with zero attached hydrogens (tertiary/aromatic N) is 2. The standard InChI is InChI=1S/C11H12FN3O/c1-16-10-3-2-8(6-9(10)12)15-5-4-14-11(15)7-13/h2-6H,7,13H2,1H3. The average Bonchev–Trinajstić information content (AvgIpc) is 2.77. The van der Waals surface area contributed by atoms with Crippen molar-refractivity contribution in [3.63, 3.8) is 0 Å². The molecule has 0 saturated carbocycles. The maximum absolute atomic E-state index is 13.5. The van der Waals surface area contributed by atoms with Gasteiger partial charge in [0.05, 0.1) is 13.7 Å². The molecule has 2 rings (SSSR count). The zero-order valence-corrected chi connectivity index (χ0v) is 8.85. The van der Waals surface area contributed by atoms with Gasteiger partial charge in [0.25, 0.3) is 0 Å². The van der Waals surface area contributed by atoms with Crippen LogP contribution in [0.3, 0.4) is 0 Å². The normalized spacial score (nSPS) is 10.4. The predicted octanol–water partition coefficient (Wildman–Crippen LogP) is 1.48. The molecular formula is C11H12FN3O. The molecule has 1 aromatic heterocycles. The lowest BCUT2D eigenvalue weighted by molar-refractivity contribution is 0.386. The molecule has 2 aromatic rings. The summed E-state index contributed by atoms with van der Waals surface area (Å²) in [7, 11) is 1.43. The highest BCUT2D eigenvalue weighted by Gasteiger charge is 2.07. The summed E-state index contributed by atoms with van der Waals surface area (Å²) in [6.45, 7) is 0.306. The Kier molecular flexibility index (Phi) is 2.87. The second-order valence-electron chi connectivity index (χ2n) is 3.24. The van der Waals surface area contributed by atoms with Crippen LogP contribution in [0.5, 0.6) is 5.75 Å². The monoisotopic (exact) mass is 221 g/mol. The number of imidazole rings is 1. The van der Waals surface area contributed by atoms with Crippen molar-refractivity contribution < 1.29 is 9.13 Å². The predicted molar refractivity (Wildman–Crippen MR) is 58.0 cm³/mol. The Bertz CT molecular complexity index is 496. The number of methoxy groups -OCH3 is 1. The highest BCUT2D eigenvalue weighted by molar-refractivity contribution is 5.39. The molecule has 16 heavy (non-hydrogen) atoms. The molecule has 0 aliphatic rings. The van der Waals surface area contributed by atoms with E-state index < -0.39 is 5.82 Å². The van der Waals surface area contributed by atoms with Gasteiger partial charge in [-0.15, -0.1) is 0 Å². The van der Waals surface area contributed by atoms with Gasteiger partial charge in [-0.3, -0.25) is 0 Å². The minimum Gasteiger partial charge on any atom is -0.494 e. The molecule has 0 amide bonds. The molecule has 0 aliphatic heterocycles. The summed E-state index contributed by atoms with van der Waals surface area (Å²) in [6, 6.07) is 4.72. The molecule has 5 heteroatoms. The summed E-state index contributed by atoms with van der Waals surface area (Å²) in [5.41, 5.74) is 6.20. The topological polar surface area (TPSA) is 53.1 Å². The Labute approximate surface area is 92.5 Å². The van der Waals surface area contributed by atoms with E-state index in [1.807, 2.05) is 0 Å². The van der Waals surface area contributed by atoms with E-state index in [0.717, 1.165) is 0 Å². The van der Waals surface area contributed by atoms with Gasteiger partial charge in [0, 0.05) is 24.1 Å². The van der Waals surface area contributed by atoms with E-state index in [-0.39, 0.29) is 5.75 Å². The zero-order valence-electron chi connectivity index (χ0n) is 8.85. The molecule has 1 heterocycles. The van der Waals surface area contributed by atoms with Crippen LogP contribution in [0.4, 0.5) is 4.39 Å². The number of hydrogen-bond donors (Lipinski definition) is 1. The lowest BCUT2D eigenvalue weighted by Gasteiger charge is -2.08. The van der Waals surface area contributed by atoms with Crippen LogP contribution in [-0.2, 0) is 6.54 Å². The fourth-order valence-corrected chi connectivity index (χ4v) is 1.53. The smallest absolute Gasteiger partial charge is 0.167 e. The first-order valence-corrected chi connectivity index (χ1v) is 4.82. The van der Waals surface area contributed by atoms with E-state index in [1.54, 1.807) is 29.1 Å². The van der Waals surface area contributed by atoms with Gasteiger partial charge in [0.2, 0.25) is 0 Å². The molecule has 0 radical (unpaired) electrons. The third-order valence-corrected chi connectivity index (χ3v) is 2.31. The van der Waals surface area contributed by atoms with Crippen LogP contribution < -0.4 is 10.5 Å². The Hall–Kier alpha value is -1.88. The average molecular weight is 221 g/mol. The number of halogens is 1. The van der Waals surface area contributed by atoms with E-state index in [2.05, 4.69) is 4.98 Å². The molecule has 4 nitrogen and oxygen atoms in total. The third kappa shape index (κ3) is 1.77. The van der Waals surface area contributed by atoms with Crippen molar-refractivity contribution in [2.24, 2.45) is 5.73 Å². The first-order valence-electron chi connectivity index (χ1n) is 4.82. The van der Waals surface area contributed by atoms with Crippen molar-refractivity contribution in [1.82, 2.24) is 9.55 Å². The third-order valence-electron chi connectivity index (χ3n) is 2.31. The molecule has 0 atom stereocenters. The van der Waals surface area contributed by atoms with E-state index >= 15 is 0 Å². The van der Waals surface area contributed by atoms with E-state index in [1.165, 1.54) is 13.2 Å². The van der Waals surface area contributed by atoms with Gasteiger partial charge < -0.3 is 15.0 Å². The van der Waals surface area contributed by atoms with Crippen molar-refractivity contribution >= 4 is 0 Å². The van der Waals surface area contributed by atoms with Crippen LogP contribution in [0.25, 0.3) is 5.69 Å². The van der Waals surface area contributed by atoms with Crippen LogP contribution in [0.1, 0.15) is 5.82 Å². The maximum atomic E-state index is 13.5. The quantitative estimate of drug-likeness (QED) is 0.854. The SMILES string of the molecule is COc1ccc(-n2ccnc2CN)cc1F. The number of aromatic nitrogens is 2. The zero-order chi connectivity index (χ0) is 11.5. The van der Waals surface area contributed by atoms with Gasteiger partial charge in [0.1, 0.15) is 5.82 Å². The molecule has 0 bridgehead atoms. The number of rotatable bonds is 3. The molecule has 0 saturated heterocycles. The van der Waals surface area contributed by atoms with Crippen LogP contribution in [0, 0.1) is 5.82 Å². The Morgan fingerprint density at radius 2 is 2.31 bits per heavy atom. The van der Waals surface area contributed by atoms with E-state index in [9.17, 15) is 4.39 Å². The Morgan fingerprint density at radius 1 is 1.50 bits per heavy atom. The first kappa shape index (κ1) is 10.6. The second-order valence-corrected chi connectivity index (χ2v) is 3.24. The van der Waals surface area contributed by atoms with Crippen molar-refractivity contribution in [3.05, 3.63) is 42.2 Å². The van der Waals surface area contributed by atoms with Gasteiger partial charge in [0.15, 0.2) is 11.6 Å². The summed E-state index contributed by atoms with van der Waals surface area (Å²) in [6.07, 6.45) is 3.37. The largest absolute Gasteiger partial charge is 0.494 e. The molecule has 2 N–H and O–H groups in total. The van der Waals surface area contributed by atoms with Gasteiger partial charge in [-0.2, -0.15) is 0 Å². The van der Waals surface area contributed by atoms with Crippen LogP contribution in [0.15, 0.2) is 30.6 Å². The summed E-state index contributed by atoms with van der Waals surface area (Å²) in [5.74, 6) is 0.499. The number of hydrogen-bond acceptors (Lipinski definition) is 3. The first-order chi connectivity index (χ1) is 7.76. The lowest BCUT2D eigenvalue weighted by Crippen LogP contribution is -2.06. The van der Waals surface area contributed by atoms with Crippen molar-refractivity contribution in [1.29, 1.82) is 0 Å². The molecule has 84 valence electrons. The Balaban J connectivity index is 2.45. The minimum atomic E-state index is -0.406. The van der Waals surface area contributed by atoms with E-state index in [4.69, 9.17) is 10.5 Å². The van der Waals surface area contributed by atoms with Crippen molar-refractivity contribution in [3.8, 4) is 11.4 Å². The van der Waals surface area contributed by atoms with Crippen molar-refractivity contribution in [2.75, 3.05) is 7.11 Å². The van der Waals surface area contributed by atoms with Crippen LogP contribution in [0.2, 0.25) is 0 Å². The molecule has 1 aromatic carbocycles. The van der Waals surface area contributed by atoms with Crippen molar-refractivity contribution in [2.45, 2.75) is 6.54 Å². The maximum Gasteiger partial charge on any atom is 0.167 e. The van der Waals surface area contributed by atoms with Gasteiger partial charge in [-0.1, -0.05) is 0 Å². The minimum absolute atomic E-state index is 0.221. The summed E-state index contributed by atoms with van der Waals surface area (Å²) in [4.78, 5) is 4.07. The fraction of sp³-hybridized carbons (Fsp3) is 0.182. The van der Waals surface area contributed by atoms with Gasteiger partial charge >= 0.3 is 0 Å². The summed E-state index contributed by atoms with van der Waals surface area (Å²) >= 11 is 0. The highest BCUT2D eigenvalue weighted by Crippen LogP contribution is 2.20. The molecule has 0 aliphatic carbocycles. The fourth-order valence-electron chi connectivity index (χ4n) is 1.53. The van der Waals surface area contributed by atoms with E-state index in [0.29, 0.717) is 18.1 Å². The molecular weight excluding hydrogens is 209 g/mol. The van der Waals surface area contributed by atoms with Crippen LogP contribution in [-0.4, -0.2) is 16.7 Å². The molecule has 0 unspecified atom stereocenters. The molecule has 0 fully saturated rings. The lowest BCUT2D eigenvalue weighted by atomic mass is 10.3. The number of nitrogens with two attached hydrogens (primary N) is 1. The molecule has 0 spiro atoms. The number of benzene rings is 1. The van der Waals surface area contributed by atoms with Gasteiger partial charge in [-0.25, -0.2) is 9.37 Å². The van der Waals surface area contributed by atoms with Crippen LogP contribution >= 0.6 is 0 Å². The highest BCUT2D eigenvalue weighted by atomic mass is 19.1. The summed E-state index contributed by atoms with van der Waals surface area (Å²) in [5, 5.41) is 0. The Morgan fingerprint density at radius 3 is 2.94 bits per heavy atom. The summed E-state index contributed by atoms with van der Waals surface area (Å²) < 4.78 is 20.1. The second kappa shape index (κ2) is 4.32.